The van der Waals surface area contributed by atoms with Gasteiger partial charge in [0.2, 0.25) is 0 Å². The van der Waals surface area contributed by atoms with Gasteiger partial charge in [-0.1, -0.05) is 151 Å². The summed E-state index contributed by atoms with van der Waals surface area (Å²) in [5, 5.41) is 72.1. The van der Waals surface area contributed by atoms with Crippen molar-refractivity contribution in [2.24, 2.45) is 0 Å². The minimum atomic E-state index is -1.78. The summed E-state index contributed by atoms with van der Waals surface area (Å²) in [5.41, 5.74) is 0. The Morgan fingerprint density at radius 3 is 1.44 bits per heavy atom. The van der Waals surface area contributed by atoms with Crippen LogP contribution in [0.3, 0.4) is 0 Å². The van der Waals surface area contributed by atoms with Gasteiger partial charge in [-0.05, 0) is 77.0 Å². The SMILES string of the molecule is CCCCC/C=C/C/C=C/C/C=C/C/C=C/C/C=C/CCC(=O)O[C@H](COC(=O)CCCC/C=C/CCCCCCCCCCC)CO[C@H]1O[C@@H](CO[C@H]2O[C@@H](CO)[C@@H](O)C(O)C2O)[C@@H](O)C(O)C1O. The number of unbranched alkanes of at least 4 members (excludes halogenated alkanes) is 14. The number of carbonyl (C=O) groups excluding carboxylic acids is 2. The normalized spacial score (nSPS) is 26.0. The Morgan fingerprint density at radius 1 is 0.457 bits per heavy atom. The predicted octanol–water partition coefficient (Wildman–Crippen LogP) is 7.82. The van der Waals surface area contributed by atoms with Crippen LogP contribution in [-0.2, 0) is 38.0 Å². The van der Waals surface area contributed by atoms with Crippen molar-refractivity contribution in [2.45, 2.75) is 235 Å². The molecule has 402 valence electrons. The second-order valence-electron chi connectivity index (χ2n) is 18.3. The summed E-state index contributed by atoms with van der Waals surface area (Å²) in [6.07, 6.45) is 32.3. The second kappa shape index (κ2) is 41.4. The number of aliphatic hydroxyl groups excluding tert-OH is 7. The maximum Gasteiger partial charge on any atom is 0.306 e. The first kappa shape index (κ1) is 63.1. The van der Waals surface area contributed by atoms with Gasteiger partial charge in [0.25, 0.3) is 0 Å². The van der Waals surface area contributed by atoms with Crippen LogP contribution >= 0.6 is 0 Å². The Labute approximate surface area is 419 Å². The standard InChI is InChI=1S/C55H92O15/c1-3-5-7-9-11-13-15-17-19-20-21-22-24-26-28-30-32-34-36-38-47(58)68-43(40-65-46(57)37-35-33-31-29-27-25-23-18-16-14-12-10-8-6-4-2)41-66-54-53(64)51(62)49(60)45(70-54)42-67-55-52(63)50(61)48(59)44(39-56)69-55/h11,13,17,19,21-22,26-29,32,34,43-45,48-56,59-64H,3-10,12,14-16,18,20,23-25,30-31,33,35-42H2,1-2H3/b13-11+,19-17+,22-21+,28-26+,29-27+,34-32+/t43-,44+,45+,48-,49-,50?,51?,52?,53?,54+,55+/m1/s1. The highest BCUT2D eigenvalue weighted by atomic mass is 16.7. The molecule has 0 radical (unpaired) electrons. The molecule has 2 fully saturated rings. The molecule has 4 unspecified atom stereocenters. The minimum Gasteiger partial charge on any atom is -0.462 e. The molecule has 0 amide bonds. The zero-order valence-corrected chi connectivity index (χ0v) is 42.5. The summed E-state index contributed by atoms with van der Waals surface area (Å²) < 4.78 is 33.5. The maximum absolute atomic E-state index is 13.0. The van der Waals surface area contributed by atoms with Gasteiger partial charge in [-0.25, -0.2) is 0 Å². The molecule has 0 aliphatic carbocycles. The van der Waals surface area contributed by atoms with Crippen molar-refractivity contribution < 1.29 is 73.8 Å². The van der Waals surface area contributed by atoms with Crippen molar-refractivity contribution >= 4 is 11.9 Å². The van der Waals surface area contributed by atoms with Crippen molar-refractivity contribution in [2.75, 3.05) is 26.4 Å². The lowest BCUT2D eigenvalue weighted by atomic mass is 9.98. The first-order valence-electron chi connectivity index (χ1n) is 26.5. The summed E-state index contributed by atoms with van der Waals surface area (Å²) in [6.45, 7) is 2.45. The highest BCUT2D eigenvalue weighted by Gasteiger charge is 2.47. The van der Waals surface area contributed by atoms with E-state index in [4.69, 9.17) is 28.4 Å². The fourth-order valence-corrected chi connectivity index (χ4v) is 7.78. The number of hydrogen-bond donors (Lipinski definition) is 7. The quantitative estimate of drug-likeness (QED) is 0.0176. The topological polar surface area (TPSA) is 231 Å². The molecule has 70 heavy (non-hydrogen) atoms. The Hall–Kier alpha value is -3.06. The van der Waals surface area contributed by atoms with E-state index in [1.807, 2.05) is 12.2 Å². The Morgan fingerprint density at radius 2 is 0.886 bits per heavy atom. The van der Waals surface area contributed by atoms with Crippen LogP contribution in [-0.4, -0.2) is 142 Å². The minimum absolute atomic E-state index is 0.0348. The summed E-state index contributed by atoms with van der Waals surface area (Å²) in [5.74, 6) is -1.05. The molecule has 2 saturated heterocycles. The molecule has 7 N–H and O–H groups in total. The molecular formula is C55H92O15. The van der Waals surface area contributed by atoms with E-state index in [-0.39, 0.29) is 19.4 Å². The molecule has 15 nitrogen and oxygen atoms in total. The van der Waals surface area contributed by atoms with Gasteiger partial charge in [-0.3, -0.25) is 9.59 Å². The molecule has 2 heterocycles. The van der Waals surface area contributed by atoms with Gasteiger partial charge in [-0.15, -0.1) is 0 Å². The largest absolute Gasteiger partial charge is 0.462 e. The van der Waals surface area contributed by atoms with Gasteiger partial charge in [-0.2, -0.15) is 0 Å². The van der Waals surface area contributed by atoms with Gasteiger partial charge in [0, 0.05) is 12.8 Å². The number of hydrogen-bond acceptors (Lipinski definition) is 15. The lowest BCUT2D eigenvalue weighted by molar-refractivity contribution is -0.332. The molecule has 0 aromatic heterocycles. The number of allylic oxidation sites excluding steroid dienone is 12. The number of carbonyl (C=O) groups is 2. The lowest BCUT2D eigenvalue weighted by Gasteiger charge is -2.42. The molecule has 0 aromatic rings. The summed E-state index contributed by atoms with van der Waals surface area (Å²) >= 11 is 0. The van der Waals surface area contributed by atoms with E-state index in [1.165, 1.54) is 77.0 Å². The van der Waals surface area contributed by atoms with Crippen molar-refractivity contribution in [3.63, 3.8) is 0 Å². The van der Waals surface area contributed by atoms with E-state index < -0.39 is 99.3 Å². The fraction of sp³-hybridized carbons (Fsp3) is 0.745. The number of esters is 2. The summed E-state index contributed by atoms with van der Waals surface area (Å²) in [6, 6.07) is 0. The molecule has 0 aromatic carbocycles. The van der Waals surface area contributed by atoms with Gasteiger partial charge in [0.05, 0.1) is 19.8 Å². The van der Waals surface area contributed by atoms with Crippen molar-refractivity contribution in [3.8, 4) is 0 Å². The van der Waals surface area contributed by atoms with Crippen LogP contribution in [0.2, 0.25) is 0 Å². The smallest absolute Gasteiger partial charge is 0.306 e. The maximum atomic E-state index is 13.0. The van der Waals surface area contributed by atoms with E-state index >= 15 is 0 Å². The number of rotatable bonds is 40. The monoisotopic (exact) mass is 993 g/mol. The van der Waals surface area contributed by atoms with Gasteiger partial charge in [0.15, 0.2) is 18.7 Å². The average Bonchev–Trinajstić information content (AvgIpc) is 3.35. The van der Waals surface area contributed by atoms with E-state index in [9.17, 15) is 45.3 Å². The second-order valence-corrected chi connectivity index (χ2v) is 18.3. The molecule has 0 bridgehead atoms. The number of aliphatic hydroxyl groups is 7. The Balaban J connectivity index is 1.85. The zero-order chi connectivity index (χ0) is 51.0. The van der Waals surface area contributed by atoms with E-state index in [0.717, 1.165) is 44.9 Å². The third-order valence-electron chi connectivity index (χ3n) is 12.2. The van der Waals surface area contributed by atoms with Crippen molar-refractivity contribution in [3.05, 3.63) is 72.9 Å². The van der Waals surface area contributed by atoms with Gasteiger partial charge >= 0.3 is 11.9 Å². The van der Waals surface area contributed by atoms with Crippen molar-refractivity contribution in [1.82, 2.24) is 0 Å². The Kier molecular flexibility index (Phi) is 37.3. The highest BCUT2D eigenvalue weighted by Crippen LogP contribution is 2.26. The molecule has 2 rings (SSSR count). The number of ether oxygens (including phenoxy) is 6. The van der Waals surface area contributed by atoms with E-state index in [1.54, 1.807) is 0 Å². The van der Waals surface area contributed by atoms with Gasteiger partial charge < -0.3 is 64.2 Å². The van der Waals surface area contributed by atoms with E-state index in [2.05, 4.69) is 74.6 Å². The third kappa shape index (κ3) is 28.8. The average molecular weight is 993 g/mol. The fourth-order valence-electron chi connectivity index (χ4n) is 7.78. The van der Waals surface area contributed by atoms with Gasteiger partial charge in [0.1, 0.15) is 55.4 Å². The third-order valence-corrected chi connectivity index (χ3v) is 12.2. The molecule has 15 heteroatoms. The van der Waals surface area contributed by atoms with Crippen LogP contribution in [0.5, 0.6) is 0 Å². The van der Waals surface area contributed by atoms with Crippen LogP contribution in [0, 0.1) is 0 Å². The Bertz CT molecular complexity index is 1490. The van der Waals surface area contributed by atoms with Crippen LogP contribution in [0.15, 0.2) is 72.9 Å². The first-order valence-corrected chi connectivity index (χ1v) is 26.5. The first-order chi connectivity index (χ1) is 34.0. The van der Waals surface area contributed by atoms with Crippen molar-refractivity contribution in [1.29, 1.82) is 0 Å². The molecule has 11 atom stereocenters. The van der Waals surface area contributed by atoms with Crippen LogP contribution in [0.4, 0.5) is 0 Å². The van der Waals surface area contributed by atoms with Crippen LogP contribution in [0.1, 0.15) is 168 Å². The molecule has 2 aliphatic heterocycles. The highest BCUT2D eigenvalue weighted by molar-refractivity contribution is 5.70. The van der Waals surface area contributed by atoms with Crippen LogP contribution < -0.4 is 0 Å². The summed E-state index contributed by atoms with van der Waals surface area (Å²) in [7, 11) is 0. The lowest BCUT2D eigenvalue weighted by Crippen LogP contribution is -2.61. The summed E-state index contributed by atoms with van der Waals surface area (Å²) in [4.78, 5) is 25.7. The molecule has 2 aliphatic rings. The predicted molar refractivity (Wildman–Crippen MR) is 270 cm³/mol. The van der Waals surface area contributed by atoms with E-state index in [0.29, 0.717) is 19.3 Å². The molecule has 0 spiro atoms. The zero-order valence-electron chi connectivity index (χ0n) is 42.5. The van der Waals surface area contributed by atoms with Crippen LogP contribution in [0.25, 0.3) is 0 Å². The molecular weight excluding hydrogens is 901 g/mol. The molecule has 0 saturated carbocycles.